The fourth-order valence-electron chi connectivity index (χ4n) is 7.10. The Hall–Kier alpha value is -2.60. The number of amides is 2. The number of hydrogen-bond donors (Lipinski definition) is 3. The predicted molar refractivity (Wildman–Crippen MR) is 124 cm³/mol. The van der Waals surface area contributed by atoms with Gasteiger partial charge in [-0.25, -0.2) is 4.39 Å². The quantitative estimate of drug-likeness (QED) is 0.512. The first kappa shape index (κ1) is 23.2. The number of likely N-dealkylation sites (N-methyl/N-ethyl adjacent to an activating group) is 1. The smallest absolute Gasteiger partial charge is 0.245 e. The van der Waals surface area contributed by atoms with Crippen LogP contribution in [-0.2, 0) is 9.59 Å². The number of carbonyl (C=O) groups is 2. The number of nitriles is 1. The Labute approximate surface area is 200 Å². The zero-order chi connectivity index (χ0) is 24.1. The van der Waals surface area contributed by atoms with Crippen LogP contribution in [0, 0.1) is 28.7 Å². The summed E-state index contributed by atoms with van der Waals surface area (Å²) in [5, 5.41) is 18.5. The molecular weight excluding hydrogens is 435 g/mol. The Bertz CT molecular complexity index is 972. The first-order valence-corrected chi connectivity index (χ1v) is 12.7. The first-order valence-electron chi connectivity index (χ1n) is 12.7. The fourth-order valence-corrected chi connectivity index (χ4v) is 7.10. The number of rotatable bonds is 6. The van der Waals surface area contributed by atoms with Crippen LogP contribution < -0.4 is 16.0 Å². The number of fused-ring (bicyclic) bond motifs is 1. The van der Waals surface area contributed by atoms with E-state index in [1.165, 1.54) is 6.08 Å². The van der Waals surface area contributed by atoms with Gasteiger partial charge in [-0.3, -0.25) is 14.5 Å². The lowest BCUT2D eigenvalue weighted by molar-refractivity contribution is -0.142. The third-order valence-electron chi connectivity index (χ3n) is 8.72. The molecule has 0 aromatic carbocycles. The van der Waals surface area contributed by atoms with Crippen molar-refractivity contribution in [2.75, 3.05) is 32.7 Å². The lowest BCUT2D eigenvalue weighted by Crippen LogP contribution is -2.64. The Morgan fingerprint density at radius 3 is 2.79 bits per heavy atom. The average molecular weight is 471 g/mol. The Morgan fingerprint density at radius 1 is 1.35 bits per heavy atom. The fraction of sp³-hybridized carbons (Fsp3) is 0.720. The van der Waals surface area contributed by atoms with Crippen LogP contribution >= 0.6 is 0 Å². The van der Waals surface area contributed by atoms with Gasteiger partial charge in [-0.2, -0.15) is 5.26 Å². The van der Waals surface area contributed by atoms with E-state index in [9.17, 15) is 14.0 Å². The highest BCUT2D eigenvalue weighted by molar-refractivity contribution is 5.92. The molecule has 2 aliphatic carbocycles. The molecule has 4 fully saturated rings. The Morgan fingerprint density at radius 2 is 2.12 bits per heavy atom. The molecule has 0 radical (unpaired) electrons. The first-order chi connectivity index (χ1) is 16.3. The molecule has 3 heterocycles. The minimum Gasteiger partial charge on any atom is -0.384 e. The lowest BCUT2D eigenvalue weighted by Gasteiger charge is -2.57. The van der Waals surface area contributed by atoms with E-state index in [1.54, 1.807) is 4.90 Å². The molecule has 3 N–H and O–H groups in total. The van der Waals surface area contributed by atoms with Gasteiger partial charge in [0.05, 0.1) is 5.70 Å². The molecule has 1 spiro atoms. The SMILES string of the molecule is CCNC1=C2NC(=O)C(CC)(N3CCC[C@@H](NC(=O)C4CC5(C4)CN(C#N)C5)C3)C2CC(F)=C1. The van der Waals surface area contributed by atoms with Crippen molar-refractivity contribution in [3.05, 3.63) is 23.3 Å². The molecule has 2 unspecified atom stereocenters. The highest BCUT2D eigenvalue weighted by atomic mass is 19.1. The number of allylic oxidation sites excluding steroid dienone is 2. The van der Waals surface area contributed by atoms with Crippen LogP contribution in [0.15, 0.2) is 23.3 Å². The van der Waals surface area contributed by atoms with Gasteiger partial charge in [-0.1, -0.05) is 6.92 Å². The minimum absolute atomic E-state index is 0.0147. The number of likely N-dealkylation sites (tertiary alicyclic amines) is 2. The molecule has 0 bridgehead atoms. The summed E-state index contributed by atoms with van der Waals surface area (Å²) < 4.78 is 14.6. The van der Waals surface area contributed by atoms with E-state index >= 15 is 0 Å². The third kappa shape index (κ3) is 3.58. The minimum atomic E-state index is -0.807. The number of halogens is 1. The molecule has 34 heavy (non-hydrogen) atoms. The summed E-state index contributed by atoms with van der Waals surface area (Å²) in [4.78, 5) is 30.3. The second kappa shape index (κ2) is 8.56. The highest BCUT2D eigenvalue weighted by Crippen LogP contribution is 2.52. The molecule has 3 atom stereocenters. The summed E-state index contributed by atoms with van der Waals surface area (Å²) in [5.74, 6) is -0.414. The van der Waals surface area contributed by atoms with E-state index in [0.717, 1.165) is 51.0 Å². The molecule has 0 aromatic heterocycles. The second-order valence-corrected chi connectivity index (χ2v) is 10.8. The van der Waals surface area contributed by atoms with Crippen molar-refractivity contribution in [3.63, 3.8) is 0 Å². The van der Waals surface area contributed by atoms with E-state index < -0.39 is 5.54 Å². The van der Waals surface area contributed by atoms with Crippen LogP contribution in [0.4, 0.5) is 4.39 Å². The van der Waals surface area contributed by atoms with Gasteiger partial charge in [0.2, 0.25) is 11.8 Å². The molecule has 3 aliphatic heterocycles. The maximum Gasteiger partial charge on any atom is 0.245 e. The number of piperidine rings is 1. The highest BCUT2D eigenvalue weighted by Gasteiger charge is 2.58. The standard InChI is InChI=1S/C25H35FN6O2/c1-3-25(19-8-17(26)9-20(28-4-2)21(19)30-23(25)34)32-7-5-6-18(12-32)29-22(33)16-10-24(11-16)13-31(14-24)15-27/h9,16,18-19,28H,3-8,10-14H2,1-2H3,(H,29,33)(H,30,34)/t18-,19?,25?/m1/s1. The van der Waals surface area contributed by atoms with Crippen molar-refractivity contribution >= 4 is 11.8 Å². The van der Waals surface area contributed by atoms with Gasteiger partial charge >= 0.3 is 0 Å². The van der Waals surface area contributed by atoms with Crippen LogP contribution in [0.5, 0.6) is 0 Å². The number of hydrogen-bond acceptors (Lipinski definition) is 6. The van der Waals surface area contributed by atoms with E-state index in [1.807, 2.05) is 13.8 Å². The van der Waals surface area contributed by atoms with Gasteiger partial charge < -0.3 is 20.9 Å². The molecule has 5 aliphatic rings. The number of carbonyl (C=O) groups excluding carboxylic acids is 2. The van der Waals surface area contributed by atoms with Crippen LogP contribution in [0.3, 0.4) is 0 Å². The second-order valence-electron chi connectivity index (χ2n) is 10.8. The van der Waals surface area contributed by atoms with Crippen LogP contribution in [0.2, 0.25) is 0 Å². The maximum atomic E-state index is 14.6. The van der Waals surface area contributed by atoms with E-state index in [4.69, 9.17) is 5.26 Å². The summed E-state index contributed by atoms with van der Waals surface area (Å²) >= 11 is 0. The lowest BCUT2D eigenvalue weighted by atomic mass is 9.57. The maximum absolute atomic E-state index is 14.6. The zero-order valence-corrected chi connectivity index (χ0v) is 20.1. The third-order valence-corrected chi connectivity index (χ3v) is 8.72. The van der Waals surface area contributed by atoms with Gasteiger partial charge in [0.25, 0.3) is 0 Å². The van der Waals surface area contributed by atoms with Gasteiger partial charge in [-0.05, 0) is 51.6 Å². The largest absolute Gasteiger partial charge is 0.384 e. The van der Waals surface area contributed by atoms with Crippen molar-refractivity contribution in [1.29, 1.82) is 5.26 Å². The molecule has 5 rings (SSSR count). The van der Waals surface area contributed by atoms with E-state index in [0.29, 0.717) is 25.2 Å². The van der Waals surface area contributed by atoms with Crippen molar-refractivity contribution in [2.45, 2.75) is 64.0 Å². The Balaban J connectivity index is 1.26. The molecule has 3 saturated heterocycles. The molecule has 1 saturated carbocycles. The van der Waals surface area contributed by atoms with Crippen molar-refractivity contribution in [2.24, 2.45) is 17.3 Å². The summed E-state index contributed by atoms with van der Waals surface area (Å²) in [5.41, 5.74) is 0.827. The normalized spacial score (nSPS) is 32.8. The van der Waals surface area contributed by atoms with E-state index in [2.05, 4.69) is 27.0 Å². The van der Waals surface area contributed by atoms with Crippen LogP contribution in [0.1, 0.15) is 52.4 Å². The van der Waals surface area contributed by atoms with Gasteiger partial charge in [-0.15, -0.1) is 0 Å². The van der Waals surface area contributed by atoms with E-state index in [-0.39, 0.29) is 47.4 Å². The van der Waals surface area contributed by atoms with Crippen molar-refractivity contribution in [1.82, 2.24) is 25.8 Å². The molecule has 9 heteroatoms. The average Bonchev–Trinajstić information content (AvgIpc) is 3.04. The zero-order valence-electron chi connectivity index (χ0n) is 20.1. The van der Waals surface area contributed by atoms with Crippen molar-refractivity contribution < 1.29 is 14.0 Å². The molecule has 184 valence electrons. The summed E-state index contributed by atoms with van der Waals surface area (Å²) in [6.45, 7) is 7.52. The summed E-state index contributed by atoms with van der Waals surface area (Å²) in [6.07, 6.45) is 7.95. The van der Waals surface area contributed by atoms with Gasteiger partial charge in [0, 0.05) is 61.6 Å². The number of nitrogens with zero attached hydrogens (tertiary/aromatic N) is 3. The summed E-state index contributed by atoms with van der Waals surface area (Å²) in [6, 6.07) is -0.0173. The molecule has 2 amide bonds. The van der Waals surface area contributed by atoms with Crippen molar-refractivity contribution in [3.8, 4) is 6.19 Å². The number of nitrogens with one attached hydrogen (secondary N) is 3. The Kier molecular flexibility index (Phi) is 5.83. The monoisotopic (exact) mass is 470 g/mol. The predicted octanol–water partition coefficient (Wildman–Crippen LogP) is 1.73. The van der Waals surface area contributed by atoms with Crippen LogP contribution in [0.25, 0.3) is 0 Å². The molecular formula is C25H35FN6O2. The van der Waals surface area contributed by atoms with Gasteiger partial charge in [0.1, 0.15) is 11.4 Å². The summed E-state index contributed by atoms with van der Waals surface area (Å²) in [7, 11) is 0. The molecule has 0 aromatic rings. The van der Waals surface area contributed by atoms with Crippen LogP contribution in [-0.4, -0.2) is 65.9 Å². The molecule has 8 nitrogen and oxygen atoms in total. The van der Waals surface area contributed by atoms with Gasteiger partial charge in [0.15, 0.2) is 6.19 Å². The topological polar surface area (TPSA) is 100 Å².